The number of carboxylic acid groups (broad SMARTS) is 2. The summed E-state index contributed by atoms with van der Waals surface area (Å²) in [6.45, 7) is 1.83. The molecule has 0 radical (unpaired) electrons. The lowest BCUT2D eigenvalue weighted by Crippen LogP contribution is -2.47. The molecule has 1 fully saturated rings. The van der Waals surface area contributed by atoms with Gasteiger partial charge in [0, 0.05) is 26.4 Å². The van der Waals surface area contributed by atoms with Crippen LogP contribution < -0.4 is 22.1 Å². The molecule has 1 aliphatic rings. The van der Waals surface area contributed by atoms with Crippen molar-refractivity contribution in [2.24, 2.45) is 16.5 Å². The number of guanidine groups is 1. The largest absolute Gasteiger partial charge is 0.481 e. The molecule has 3 atom stereocenters. The van der Waals surface area contributed by atoms with Crippen LogP contribution in [0.15, 0.2) is 9.52 Å². The van der Waals surface area contributed by atoms with Crippen molar-refractivity contribution in [3.63, 3.8) is 0 Å². The zero-order chi connectivity index (χ0) is 25.3. The quantitative estimate of drug-likeness (QED) is 0.126. The van der Waals surface area contributed by atoms with E-state index in [1.54, 1.807) is 0 Å². The van der Waals surface area contributed by atoms with Gasteiger partial charge in [-0.3, -0.25) is 14.6 Å². The average Bonchev–Trinajstić information content (AvgIpc) is 3.42. The smallest absolute Gasteiger partial charge is 0.326 e. The molecule has 1 aliphatic heterocycles. The Balaban J connectivity index is 2.20. The van der Waals surface area contributed by atoms with Crippen LogP contribution in [-0.2, 0) is 14.4 Å². The first-order chi connectivity index (χ1) is 16.1. The Morgan fingerprint density at radius 1 is 1.21 bits per heavy atom. The monoisotopic (exact) mass is 482 g/mol. The second-order valence-electron chi connectivity index (χ2n) is 7.82. The van der Waals surface area contributed by atoms with Crippen molar-refractivity contribution < 1.29 is 33.9 Å². The number of nitrogens with zero attached hydrogens (tertiary/aromatic N) is 4. The van der Waals surface area contributed by atoms with Gasteiger partial charge in [-0.1, -0.05) is 5.16 Å². The Kier molecular flexibility index (Phi) is 9.58. The molecule has 0 aliphatic carbocycles. The Morgan fingerprint density at radius 3 is 2.56 bits per heavy atom. The number of nitrogens with one attached hydrogen (secondary N) is 2. The molecule has 0 spiro atoms. The van der Waals surface area contributed by atoms with E-state index in [-0.39, 0.29) is 43.5 Å². The highest BCUT2D eigenvalue weighted by Gasteiger charge is 2.35. The number of urea groups is 1. The fourth-order valence-electron chi connectivity index (χ4n) is 3.57. The molecule has 0 aromatic carbocycles. The number of nitrogens with two attached hydrogens (primary N) is 2. The van der Waals surface area contributed by atoms with Gasteiger partial charge in [0.05, 0.1) is 6.04 Å². The number of carboxylic acids is 2. The zero-order valence-electron chi connectivity index (χ0n) is 18.8. The van der Waals surface area contributed by atoms with Gasteiger partial charge in [0.15, 0.2) is 11.8 Å². The Hall–Kier alpha value is -3.91. The third-order valence-corrected chi connectivity index (χ3v) is 5.13. The maximum atomic E-state index is 12.8. The predicted molar refractivity (Wildman–Crippen MR) is 116 cm³/mol. The van der Waals surface area contributed by atoms with Crippen molar-refractivity contribution in [3.05, 3.63) is 11.7 Å². The van der Waals surface area contributed by atoms with E-state index in [2.05, 4.69) is 25.8 Å². The molecular formula is C19H30N8O7. The van der Waals surface area contributed by atoms with Crippen LogP contribution in [0.2, 0.25) is 0 Å². The highest BCUT2D eigenvalue weighted by molar-refractivity contribution is 5.83. The van der Waals surface area contributed by atoms with Crippen LogP contribution in [0.3, 0.4) is 0 Å². The van der Waals surface area contributed by atoms with E-state index in [1.807, 2.05) is 0 Å². The van der Waals surface area contributed by atoms with Crippen molar-refractivity contribution in [1.82, 2.24) is 25.7 Å². The number of likely N-dealkylation sites (tertiary alicyclic amines) is 1. The first-order valence-electron chi connectivity index (χ1n) is 10.8. The number of amides is 3. The van der Waals surface area contributed by atoms with E-state index in [1.165, 1.54) is 11.8 Å². The van der Waals surface area contributed by atoms with Gasteiger partial charge in [-0.05, 0) is 32.1 Å². The first kappa shape index (κ1) is 26.3. The number of aliphatic imine (C=N–C) groups is 1. The summed E-state index contributed by atoms with van der Waals surface area (Å²) < 4.78 is 5.32. The topological polar surface area (TPSA) is 239 Å². The van der Waals surface area contributed by atoms with E-state index in [4.69, 9.17) is 21.1 Å². The molecule has 2 rings (SSSR count). The minimum absolute atomic E-state index is 0.0183. The minimum Gasteiger partial charge on any atom is -0.481 e. The second kappa shape index (κ2) is 12.4. The summed E-state index contributed by atoms with van der Waals surface area (Å²) in [7, 11) is 0. The molecule has 1 aromatic rings. The molecule has 1 unspecified atom stereocenters. The molecule has 3 amide bonds. The van der Waals surface area contributed by atoms with Crippen LogP contribution in [0.4, 0.5) is 4.79 Å². The molecule has 0 saturated carbocycles. The van der Waals surface area contributed by atoms with E-state index < -0.39 is 42.0 Å². The fraction of sp³-hybridized carbons (Fsp3) is 0.632. The van der Waals surface area contributed by atoms with E-state index >= 15 is 0 Å². The summed E-state index contributed by atoms with van der Waals surface area (Å²) in [6.07, 6.45) is 1.42. The normalized spacial score (nSPS) is 17.0. The molecule has 188 valence electrons. The second-order valence-corrected chi connectivity index (χ2v) is 7.82. The van der Waals surface area contributed by atoms with Crippen LogP contribution in [0.1, 0.15) is 69.2 Å². The number of aromatic nitrogens is 2. The van der Waals surface area contributed by atoms with Crippen LogP contribution in [0, 0.1) is 0 Å². The van der Waals surface area contributed by atoms with Crippen LogP contribution in [0.25, 0.3) is 0 Å². The summed E-state index contributed by atoms with van der Waals surface area (Å²) in [5, 5.41) is 27.5. The molecule has 34 heavy (non-hydrogen) atoms. The molecule has 8 N–H and O–H groups in total. The highest BCUT2D eigenvalue weighted by Crippen LogP contribution is 2.23. The number of carbonyl (C=O) groups excluding carboxylic acids is 2. The van der Waals surface area contributed by atoms with Crippen molar-refractivity contribution in [3.8, 4) is 0 Å². The van der Waals surface area contributed by atoms with Gasteiger partial charge in [-0.15, -0.1) is 0 Å². The number of aliphatic carboxylic acids is 2. The van der Waals surface area contributed by atoms with Gasteiger partial charge < -0.3 is 41.7 Å². The molecule has 15 nitrogen and oxygen atoms in total. The zero-order valence-corrected chi connectivity index (χ0v) is 18.8. The first-order valence-corrected chi connectivity index (χ1v) is 10.8. The maximum Gasteiger partial charge on any atom is 0.326 e. The summed E-state index contributed by atoms with van der Waals surface area (Å²) in [5.74, 6) is -2.56. The Bertz CT molecular complexity index is 914. The molecule has 1 aromatic heterocycles. The summed E-state index contributed by atoms with van der Waals surface area (Å²) in [5.41, 5.74) is 10.7. The van der Waals surface area contributed by atoms with Crippen molar-refractivity contribution in [2.45, 2.75) is 63.6 Å². The van der Waals surface area contributed by atoms with Crippen LogP contribution in [-0.4, -0.2) is 74.2 Å². The van der Waals surface area contributed by atoms with Crippen molar-refractivity contribution >= 4 is 29.8 Å². The standard InChI is InChI=1S/C19H30N8O7/c1-10(28)23-11(6-7-14(29)30)15-25-16(34-26-15)12(4-2-8-22-18(20)21)24-19(33)27-9-3-5-13(27)17(31)32/h11-13H,2-9H2,1H3,(H,23,28)(H,24,33)(H,29,30)(H,31,32)(H4,20,21,22)/t11-,12?,13+/m0/s1. The van der Waals surface area contributed by atoms with E-state index in [0.29, 0.717) is 25.8 Å². The molecule has 2 heterocycles. The minimum atomic E-state index is -1.09. The lowest BCUT2D eigenvalue weighted by atomic mass is 10.1. The summed E-state index contributed by atoms with van der Waals surface area (Å²) in [4.78, 5) is 56.1. The SMILES string of the molecule is CC(=O)N[C@@H](CCC(=O)O)c1noc(C(CCCN=C(N)N)NC(=O)N2CCC[C@@H]2C(=O)O)n1. The van der Waals surface area contributed by atoms with Gasteiger partial charge in [0.1, 0.15) is 12.1 Å². The maximum absolute atomic E-state index is 12.8. The van der Waals surface area contributed by atoms with E-state index in [9.17, 15) is 24.3 Å². The Labute approximate surface area is 194 Å². The van der Waals surface area contributed by atoms with Gasteiger partial charge in [-0.25, -0.2) is 9.59 Å². The molecule has 1 saturated heterocycles. The highest BCUT2D eigenvalue weighted by atomic mass is 16.5. The average molecular weight is 482 g/mol. The van der Waals surface area contributed by atoms with Crippen LogP contribution >= 0.6 is 0 Å². The van der Waals surface area contributed by atoms with Crippen molar-refractivity contribution in [2.75, 3.05) is 13.1 Å². The molecular weight excluding hydrogens is 452 g/mol. The van der Waals surface area contributed by atoms with Gasteiger partial charge >= 0.3 is 18.0 Å². The van der Waals surface area contributed by atoms with E-state index in [0.717, 1.165) is 0 Å². The molecule has 0 bridgehead atoms. The van der Waals surface area contributed by atoms with Crippen molar-refractivity contribution in [1.29, 1.82) is 0 Å². The summed E-state index contributed by atoms with van der Waals surface area (Å²) >= 11 is 0. The lowest BCUT2D eigenvalue weighted by Gasteiger charge is -2.24. The van der Waals surface area contributed by atoms with Gasteiger partial charge in [0.2, 0.25) is 11.8 Å². The predicted octanol–water partition coefficient (Wildman–Crippen LogP) is -0.535. The lowest BCUT2D eigenvalue weighted by molar-refractivity contribution is -0.141. The third kappa shape index (κ3) is 7.90. The molecule has 15 heteroatoms. The fourth-order valence-corrected chi connectivity index (χ4v) is 3.57. The number of carbonyl (C=O) groups is 4. The third-order valence-electron chi connectivity index (χ3n) is 5.13. The Morgan fingerprint density at radius 2 is 1.94 bits per heavy atom. The van der Waals surface area contributed by atoms with Gasteiger partial charge in [-0.2, -0.15) is 4.98 Å². The number of hydrogen-bond donors (Lipinski definition) is 6. The van der Waals surface area contributed by atoms with Crippen LogP contribution in [0.5, 0.6) is 0 Å². The summed E-state index contributed by atoms with van der Waals surface area (Å²) in [6, 6.07) is -3.13. The van der Waals surface area contributed by atoms with Gasteiger partial charge in [0.25, 0.3) is 0 Å². The number of rotatable bonds is 12. The number of hydrogen-bond acceptors (Lipinski definition) is 8.